The van der Waals surface area contributed by atoms with Crippen molar-refractivity contribution in [1.29, 1.82) is 0 Å². The second kappa shape index (κ2) is 16.6. The number of ether oxygens (including phenoxy) is 5. The van der Waals surface area contributed by atoms with E-state index in [1.807, 2.05) is 0 Å². The Balaban J connectivity index is 2.11. The van der Waals surface area contributed by atoms with Gasteiger partial charge in [-0.1, -0.05) is 51.4 Å². The minimum atomic E-state index is -0.551. The second-order valence-electron chi connectivity index (χ2n) is 7.64. The molecule has 0 amide bonds. The largest absolute Gasteiger partial charge is 0.469 e. The molecule has 0 aromatic heterocycles. The molecule has 1 fully saturated rings. The first kappa shape index (κ1) is 25.9. The number of rotatable bonds is 17. The highest BCUT2D eigenvalue weighted by molar-refractivity contribution is 5.69. The third-order valence-electron chi connectivity index (χ3n) is 5.37. The van der Waals surface area contributed by atoms with Crippen molar-refractivity contribution >= 4 is 11.9 Å². The first-order valence-electron chi connectivity index (χ1n) is 11.1. The highest BCUT2D eigenvalue weighted by Crippen LogP contribution is 2.28. The summed E-state index contributed by atoms with van der Waals surface area (Å²) in [6, 6.07) is 0. The monoisotopic (exact) mass is 416 g/mol. The van der Waals surface area contributed by atoms with Crippen LogP contribution < -0.4 is 0 Å². The summed E-state index contributed by atoms with van der Waals surface area (Å²) in [4.78, 5) is 22.2. The second-order valence-corrected chi connectivity index (χ2v) is 7.64. The minimum Gasteiger partial charge on any atom is -0.469 e. The molecule has 1 saturated heterocycles. The number of hydrogen-bond acceptors (Lipinski definition) is 7. The maximum atomic E-state index is 11.1. The van der Waals surface area contributed by atoms with Crippen LogP contribution in [0.2, 0.25) is 0 Å². The predicted octanol–water partition coefficient (Wildman–Crippen LogP) is 4.51. The van der Waals surface area contributed by atoms with E-state index in [0.717, 1.165) is 77.0 Å². The van der Waals surface area contributed by atoms with E-state index in [0.29, 0.717) is 12.8 Å². The van der Waals surface area contributed by atoms with Crippen LogP contribution in [0.4, 0.5) is 0 Å². The standard InChI is InChI=1S/C22H40O7/c1-25-20(23)16-12-8-4-6-10-14-18-19(29-22(27-3)28-18)15-11-7-5-9-13-17-21(24)26-2/h18-19,22H,4-17H2,1-3H3. The Morgan fingerprint density at radius 3 is 1.38 bits per heavy atom. The minimum absolute atomic E-state index is 0.0920. The summed E-state index contributed by atoms with van der Waals surface area (Å²) in [6.07, 6.45) is 13.7. The van der Waals surface area contributed by atoms with Gasteiger partial charge in [0.1, 0.15) is 0 Å². The molecule has 2 unspecified atom stereocenters. The fraction of sp³-hybridized carbons (Fsp3) is 0.909. The van der Waals surface area contributed by atoms with Crippen LogP contribution in [-0.4, -0.2) is 52.0 Å². The summed E-state index contributed by atoms with van der Waals surface area (Å²) in [5.41, 5.74) is 0. The molecule has 0 saturated carbocycles. The van der Waals surface area contributed by atoms with Gasteiger partial charge in [0.15, 0.2) is 0 Å². The molecular formula is C22H40O7. The van der Waals surface area contributed by atoms with E-state index < -0.39 is 6.48 Å². The average Bonchev–Trinajstić information content (AvgIpc) is 3.13. The molecule has 0 bridgehead atoms. The van der Waals surface area contributed by atoms with Gasteiger partial charge in [0.2, 0.25) is 0 Å². The van der Waals surface area contributed by atoms with Crippen LogP contribution in [0.25, 0.3) is 0 Å². The maximum absolute atomic E-state index is 11.1. The molecule has 0 spiro atoms. The van der Waals surface area contributed by atoms with Gasteiger partial charge >= 0.3 is 11.9 Å². The quantitative estimate of drug-likeness (QED) is 0.255. The Morgan fingerprint density at radius 2 is 1.00 bits per heavy atom. The van der Waals surface area contributed by atoms with Crippen LogP contribution in [0.5, 0.6) is 0 Å². The van der Waals surface area contributed by atoms with Crippen molar-refractivity contribution in [2.24, 2.45) is 0 Å². The summed E-state index contributed by atoms with van der Waals surface area (Å²) in [5.74, 6) is -0.253. The third-order valence-corrected chi connectivity index (χ3v) is 5.37. The zero-order chi connectivity index (χ0) is 21.3. The first-order chi connectivity index (χ1) is 14.1. The third kappa shape index (κ3) is 12.2. The molecule has 0 aromatic carbocycles. The van der Waals surface area contributed by atoms with Crippen LogP contribution >= 0.6 is 0 Å². The van der Waals surface area contributed by atoms with E-state index in [4.69, 9.17) is 14.2 Å². The number of hydrogen-bond donors (Lipinski definition) is 0. The summed E-state index contributed by atoms with van der Waals surface area (Å²) in [5, 5.41) is 0. The molecular weight excluding hydrogens is 376 g/mol. The summed E-state index contributed by atoms with van der Waals surface area (Å²) in [6.45, 7) is -0.551. The Bertz CT molecular complexity index is 403. The van der Waals surface area contributed by atoms with Gasteiger partial charge in [0, 0.05) is 20.0 Å². The van der Waals surface area contributed by atoms with Gasteiger partial charge in [0.25, 0.3) is 6.48 Å². The molecule has 0 N–H and O–H groups in total. The van der Waals surface area contributed by atoms with Crippen molar-refractivity contribution in [3.63, 3.8) is 0 Å². The molecule has 1 rings (SSSR count). The highest BCUT2D eigenvalue weighted by Gasteiger charge is 2.35. The van der Waals surface area contributed by atoms with Gasteiger partial charge in [-0.25, -0.2) is 0 Å². The number of methoxy groups -OCH3 is 3. The molecule has 1 aliphatic rings. The van der Waals surface area contributed by atoms with E-state index in [1.165, 1.54) is 14.2 Å². The molecule has 0 radical (unpaired) electrons. The van der Waals surface area contributed by atoms with Gasteiger partial charge in [-0.3, -0.25) is 9.59 Å². The summed E-state index contributed by atoms with van der Waals surface area (Å²) in [7, 11) is 4.47. The number of esters is 2. The molecule has 2 atom stereocenters. The van der Waals surface area contributed by atoms with Crippen molar-refractivity contribution < 1.29 is 33.3 Å². The summed E-state index contributed by atoms with van der Waals surface area (Å²) >= 11 is 0. The number of carbonyl (C=O) groups excluding carboxylic acids is 2. The van der Waals surface area contributed by atoms with Gasteiger partial charge in [-0.05, 0) is 25.7 Å². The van der Waals surface area contributed by atoms with Gasteiger partial charge in [0.05, 0.1) is 26.4 Å². The summed E-state index contributed by atoms with van der Waals surface area (Å²) < 4.78 is 26.3. The molecule has 29 heavy (non-hydrogen) atoms. The molecule has 1 heterocycles. The maximum Gasteiger partial charge on any atom is 0.305 e. The molecule has 7 nitrogen and oxygen atoms in total. The lowest BCUT2D eigenvalue weighted by Gasteiger charge is -2.16. The van der Waals surface area contributed by atoms with Crippen LogP contribution in [0.15, 0.2) is 0 Å². The van der Waals surface area contributed by atoms with E-state index in [9.17, 15) is 9.59 Å². The Kier molecular flexibility index (Phi) is 14.8. The Labute approximate surface area is 175 Å². The van der Waals surface area contributed by atoms with Crippen LogP contribution in [0, 0.1) is 0 Å². The van der Waals surface area contributed by atoms with Crippen molar-refractivity contribution in [3.8, 4) is 0 Å². The van der Waals surface area contributed by atoms with Crippen LogP contribution in [0.3, 0.4) is 0 Å². The van der Waals surface area contributed by atoms with Crippen LogP contribution in [-0.2, 0) is 33.3 Å². The molecule has 0 aromatic rings. The number of carbonyl (C=O) groups is 2. The molecule has 0 aliphatic carbocycles. The van der Waals surface area contributed by atoms with E-state index in [1.54, 1.807) is 7.11 Å². The lowest BCUT2D eigenvalue weighted by atomic mass is 9.99. The molecule has 7 heteroatoms. The van der Waals surface area contributed by atoms with Crippen molar-refractivity contribution in [2.75, 3.05) is 21.3 Å². The highest BCUT2D eigenvalue weighted by atomic mass is 16.9. The van der Waals surface area contributed by atoms with Gasteiger partial charge in [-0.2, -0.15) is 0 Å². The van der Waals surface area contributed by atoms with Gasteiger partial charge < -0.3 is 23.7 Å². The smallest absolute Gasteiger partial charge is 0.305 e. The Hall–Kier alpha value is -1.18. The van der Waals surface area contributed by atoms with E-state index in [2.05, 4.69) is 9.47 Å². The number of unbranched alkanes of at least 4 members (excludes halogenated alkanes) is 8. The lowest BCUT2D eigenvalue weighted by Crippen LogP contribution is -2.22. The zero-order valence-corrected chi connectivity index (χ0v) is 18.5. The van der Waals surface area contributed by atoms with Crippen LogP contribution in [0.1, 0.15) is 89.9 Å². The average molecular weight is 417 g/mol. The first-order valence-corrected chi connectivity index (χ1v) is 11.1. The van der Waals surface area contributed by atoms with Crippen molar-refractivity contribution in [3.05, 3.63) is 0 Å². The van der Waals surface area contributed by atoms with Gasteiger partial charge in [-0.15, -0.1) is 0 Å². The topological polar surface area (TPSA) is 80.3 Å². The van der Waals surface area contributed by atoms with E-state index in [-0.39, 0.29) is 24.1 Å². The lowest BCUT2D eigenvalue weighted by molar-refractivity contribution is -0.229. The molecule has 170 valence electrons. The van der Waals surface area contributed by atoms with E-state index >= 15 is 0 Å². The molecule has 1 aliphatic heterocycles. The Morgan fingerprint density at radius 1 is 0.621 bits per heavy atom. The SMILES string of the molecule is COC(=O)CCCCCCCC1OC(OC)OC1CCCCCCCC(=O)OC. The predicted molar refractivity (Wildman–Crippen MR) is 109 cm³/mol. The fourth-order valence-corrected chi connectivity index (χ4v) is 3.61. The fourth-order valence-electron chi connectivity index (χ4n) is 3.61. The zero-order valence-electron chi connectivity index (χ0n) is 18.5. The normalized spacial score (nSPS) is 21.3. The van der Waals surface area contributed by atoms with Crippen molar-refractivity contribution in [1.82, 2.24) is 0 Å². The van der Waals surface area contributed by atoms with Crippen molar-refractivity contribution in [2.45, 2.75) is 109 Å².